The van der Waals surface area contributed by atoms with Gasteiger partial charge in [0.25, 0.3) is 5.91 Å². The molecule has 0 saturated carbocycles. The molecule has 1 heterocycles. The number of nitrogens with zero attached hydrogens (tertiary/aromatic N) is 1. The predicted octanol–water partition coefficient (Wildman–Crippen LogP) is -2.25. The van der Waals surface area contributed by atoms with Gasteiger partial charge in [-0.05, 0) is 6.07 Å². The molecule has 0 aliphatic carbocycles. The fourth-order valence-corrected chi connectivity index (χ4v) is 1.20. The van der Waals surface area contributed by atoms with Crippen molar-refractivity contribution < 1.29 is 33.3 Å². The van der Waals surface area contributed by atoms with Crippen molar-refractivity contribution in [3.63, 3.8) is 0 Å². The summed E-state index contributed by atoms with van der Waals surface area (Å²) in [6.45, 7) is 3.06. The molecule has 1 rings (SSSR count). The van der Waals surface area contributed by atoms with Gasteiger partial charge >= 0.3 is 0 Å². The first-order valence-electron chi connectivity index (χ1n) is 4.49. The summed E-state index contributed by atoms with van der Waals surface area (Å²) >= 11 is 0. The smallest absolute Gasteiger partial charge is 0.257 e. The van der Waals surface area contributed by atoms with Crippen LogP contribution in [0.3, 0.4) is 0 Å². The Morgan fingerprint density at radius 2 is 2.29 bits per heavy atom. The number of hydrogen-bond donors (Lipinski definition) is 1. The molecule has 1 aromatic rings. The fourth-order valence-electron chi connectivity index (χ4n) is 1.20. The number of amides is 1. The van der Waals surface area contributed by atoms with Crippen LogP contribution in [0.4, 0.5) is 0 Å². The fraction of sp³-hybridized carbons (Fsp3) is 0.400. The van der Waals surface area contributed by atoms with Gasteiger partial charge in [-0.2, -0.15) is 0 Å². The molecule has 0 spiro atoms. The number of carbonyl (C=O) groups is 1. The standard InChI is InChI=1S/C10H14N2O.HI/c1-3-6-12-7-4-5-9(8-12)10(13)11-2;/h4-5,7-8H,3,6H2,1-2H3;1H. The molecule has 14 heavy (non-hydrogen) atoms. The zero-order chi connectivity index (χ0) is 9.68. The van der Waals surface area contributed by atoms with E-state index in [9.17, 15) is 4.79 Å². The quantitative estimate of drug-likeness (QED) is 0.497. The molecule has 0 unspecified atom stereocenters. The summed E-state index contributed by atoms with van der Waals surface area (Å²) < 4.78 is 2.02. The van der Waals surface area contributed by atoms with E-state index in [0.29, 0.717) is 5.56 Å². The van der Waals surface area contributed by atoms with E-state index in [2.05, 4.69) is 12.2 Å². The van der Waals surface area contributed by atoms with Crippen LogP contribution in [0.1, 0.15) is 23.7 Å². The minimum absolute atomic E-state index is 0. The summed E-state index contributed by atoms with van der Waals surface area (Å²) in [5, 5.41) is 2.60. The van der Waals surface area contributed by atoms with Gasteiger partial charge < -0.3 is 29.3 Å². The highest BCUT2D eigenvalue weighted by molar-refractivity contribution is 5.93. The molecule has 3 nitrogen and oxygen atoms in total. The number of nitrogens with one attached hydrogen (secondary N) is 1. The maximum atomic E-state index is 11.2. The highest BCUT2D eigenvalue weighted by Gasteiger charge is 2.07. The van der Waals surface area contributed by atoms with E-state index in [0.717, 1.165) is 13.0 Å². The molecule has 0 fully saturated rings. The normalized spacial score (nSPS) is 9.00. The van der Waals surface area contributed by atoms with Crippen molar-refractivity contribution in [1.82, 2.24) is 5.32 Å². The van der Waals surface area contributed by atoms with Crippen LogP contribution >= 0.6 is 0 Å². The maximum absolute atomic E-state index is 11.2. The van der Waals surface area contributed by atoms with Gasteiger partial charge in [0.1, 0.15) is 12.1 Å². The number of carbonyl (C=O) groups excluding carboxylic acids is 1. The number of hydrogen-bond acceptors (Lipinski definition) is 1. The summed E-state index contributed by atoms with van der Waals surface area (Å²) in [5.74, 6) is -0.0366. The molecule has 0 radical (unpaired) electrons. The average Bonchev–Trinajstić information content (AvgIpc) is 2.18. The molecule has 0 atom stereocenters. The molecular weight excluding hydrogens is 291 g/mol. The summed E-state index contributed by atoms with van der Waals surface area (Å²) in [7, 11) is 1.64. The molecule has 0 aliphatic rings. The molecule has 78 valence electrons. The highest BCUT2D eigenvalue weighted by atomic mass is 127. The van der Waals surface area contributed by atoms with E-state index in [1.807, 2.05) is 29.1 Å². The Labute approximate surface area is 102 Å². The first-order chi connectivity index (χ1) is 6.27. The van der Waals surface area contributed by atoms with E-state index >= 15 is 0 Å². The van der Waals surface area contributed by atoms with Crippen LogP contribution in [0.25, 0.3) is 0 Å². The van der Waals surface area contributed by atoms with Crippen molar-refractivity contribution in [3.8, 4) is 0 Å². The zero-order valence-corrected chi connectivity index (χ0v) is 10.6. The summed E-state index contributed by atoms with van der Waals surface area (Å²) in [6.07, 6.45) is 4.90. The first kappa shape index (κ1) is 13.4. The van der Waals surface area contributed by atoms with Gasteiger partial charge in [0, 0.05) is 19.5 Å². The first-order valence-corrected chi connectivity index (χ1v) is 4.49. The molecule has 4 heteroatoms. The average molecular weight is 306 g/mol. The van der Waals surface area contributed by atoms with E-state index in [1.165, 1.54) is 0 Å². The van der Waals surface area contributed by atoms with Crippen LogP contribution in [0.15, 0.2) is 24.5 Å². The monoisotopic (exact) mass is 306 g/mol. The van der Waals surface area contributed by atoms with Crippen molar-refractivity contribution >= 4 is 5.91 Å². The third kappa shape index (κ3) is 3.61. The SMILES string of the molecule is CCC[n+]1cccc(C(=O)NC)c1.[I-]. The van der Waals surface area contributed by atoms with Crippen molar-refractivity contribution in [2.24, 2.45) is 0 Å². The second-order valence-electron chi connectivity index (χ2n) is 2.91. The Hall–Kier alpha value is -0.650. The molecule has 1 N–H and O–H groups in total. The van der Waals surface area contributed by atoms with Crippen LogP contribution in [0, 0.1) is 0 Å². The van der Waals surface area contributed by atoms with Crippen molar-refractivity contribution in [3.05, 3.63) is 30.1 Å². The van der Waals surface area contributed by atoms with Gasteiger partial charge in [-0.3, -0.25) is 4.79 Å². The summed E-state index contributed by atoms with van der Waals surface area (Å²) in [5.41, 5.74) is 0.707. The Morgan fingerprint density at radius 1 is 1.57 bits per heavy atom. The molecule has 0 aliphatic heterocycles. The highest BCUT2D eigenvalue weighted by Crippen LogP contribution is 1.93. The summed E-state index contributed by atoms with van der Waals surface area (Å²) in [4.78, 5) is 11.2. The molecule has 0 bridgehead atoms. The predicted molar refractivity (Wildman–Crippen MR) is 50.3 cm³/mol. The third-order valence-electron chi connectivity index (χ3n) is 1.83. The Kier molecular flexibility index (Phi) is 6.44. The Morgan fingerprint density at radius 3 is 2.86 bits per heavy atom. The van der Waals surface area contributed by atoms with Gasteiger partial charge in [-0.25, -0.2) is 4.57 Å². The van der Waals surface area contributed by atoms with Crippen LogP contribution in [-0.4, -0.2) is 13.0 Å². The zero-order valence-electron chi connectivity index (χ0n) is 8.46. The third-order valence-corrected chi connectivity index (χ3v) is 1.83. The molecule has 0 aromatic carbocycles. The van der Waals surface area contributed by atoms with Gasteiger partial charge in [-0.1, -0.05) is 6.92 Å². The summed E-state index contributed by atoms with van der Waals surface area (Å²) in [6, 6.07) is 3.70. The number of aromatic nitrogens is 1. The van der Waals surface area contributed by atoms with E-state index in [-0.39, 0.29) is 29.9 Å². The lowest BCUT2D eigenvalue weighted by Crippen LogP contribution is -3.00. The Balaban J connectivity index is 0.00000169. The van der Waals surface area contributed by atoms with Crippen LogP contribution in [0.5, 0.6) is 0 Å². The van der Waals surface area contributed by atoms with Gasteiger partial charge in [-0.15, -0.1) is 0 Å². The number of aryl methyl sites for hydroxylation is 1. The van der Waals surface area contributed by atoms with Gasteiger partial charge in [0.15, 0.2) is 12.4 Å². The van der Waals surface area contributed by atoms with Crippen LogP contribution in [-0.2, 0) is 6.54 Å². The lowest BCUT2D eigenvalue weighted by Gasteiger charge is -1.98. The number of pyridine rings is 1. The molecule has 1 amide bonds. The molecular formula is C10H15IN2O. The lowest BCUT2D eigenvalue weighted by atomic mass is 10.2. The van der Waals surface area contributed by atoms with Crippen molar-refractivity contribution in [1.29, 1.82) is 0 Å². The second-order valence-corrected chi connectivity index (χ2v) is 2.91. The van der Waals surface area contributed by atoms with Gasteiger partial charge in [0.05, 0.1) is 0 Å². The Bertz CT molecular complexity index is 302. The minimum atomic E-state index is -0.0366. The molecule has 1 aromatic heterocycles. The van der Waals surface area contributed by atoms with Crippen molar-refractivity contribution in [2.75, 3.05) is 7.05 Å². The minimum Gasteiger partial charge on any atom is -1.00 e. The topological polar surface area (TPSA) is 33.0 Å². The largest absolute Gasteiger partial charge is 1.00 e. The van der Waals surface area contributed by atoms with E-state index < -0.39 is 0 Å². The van der Waals surface area contributed by atoms with E-state index in [1.54, 1.807) is 7.05 Å². The number of rotatable bonds is 3. The molecule has 0 saturated heterocycles. The second kappa shape index (κ2) is 6.75. The van der Waals surface area contributed by atoms with Crippen LogP contribution in [0.2, 0.25) is 0 Å². The van der Waals surface area contributed by atoms with E-state index in [4.69, 9.17) is 0 Å². The van der Waals surface area contributed by atoms with Crippen LogP contribution < -0.4 is 33.9 Å². The lowest BCUT2D eigenvalue weighted by molar-refractivity contribution is -0.697. The van der Waals surface area contributed by atoms with Crippen molar-refractivity contribution in [2.45, 2.75) is 19.9 Å². The maximum Gasteiger partial charge on any atom is 0.257 e. The number of halogens is 1. The van der Waals surface area contributed by atoms with Gasteiger partial charge in [0.2, 0.25) is 0 Å².